The monoisotopic (exact) mass is 583 g/mol. The minimum Gasteiger partial charge on any atom is -0.348 e. The van der Waals surface area contributed by atoms with E-state index in [4.69, 9.17) is 0 Å². The first-order valence-electron chi connectivity index (χ1n) is 14.0. The topological polar surface area (TPSA) is 90.7 Å². The van der Waals surface area contributed by atoms with Crippen LogP contribution in [-0.4, -0.2) is 73.5 Å². The van der Waals surface area contributed by atoms with E-state index in [2.05, 4.69) is 24.6 Å². The normalized spacial score (nSPS) is 15.8. The smallest absolute Gasteiger partial charge is 0.348 e. The third-order valence-corrected chi connectivity index (χ3v) is 8.22. The third-order valence-electron chi connectivity index (χ3n) is 8.22. The zero-order chi connectivity index (χ0) is 30.3. The number of amides is 1. The van der Waals surface area contributed by atoms with Crippen molar-refractivity contribution in [3.8, 4) is 11.3 Å². The van der Waals surface area contributed by atoms with Gasteiger partial charge in [0.2, 0.25) is 0 Å². The van der Waals surface area contributed by atoms with Gasteiger partial charge in [-0.05, 0) is 57.0 Å². The molecule has 0 aromatic carbocycles. The van der Waals surface area contributed by atoms with Crippen LogP contribution in [0.5, 0.6) is 0 Å². The number of imidazole rings is 1. The molecule has 5 heterocycles. The van der Waals surface area contributed by atoms with E-state index in [9.17, 15) is 22.8 Å². The molecule has 224 valence electrons. The second-order valence-corrected chi connectivity index (χ2v) is 11.2. The van der Waals surface area contributed by atoms with Crippen LogP contribution in [0.2, 0.25) is 0 Å². The van der Waals surface area contributed by atoms with Crippen LogP contribution in [0.4, 0.5) is 13.2 Å². The average Bonchev–Trinajstić information content (AvgIpc) is 3.52. The molecular weight excluding hydrogens is 547 g/mol. The van der Waals surface area contributed by atoms with Crippen molar-refractivity contribution in [1.82, 2.24) is 34.1 Å². The summed E-state index contributed by atoms with van der Waals surface area (Å²) in [5, 5.41) is 2.93. The van der Waals surface area contributed by atoms with Gasteiger partial charge >= 0.3 is 6.18 Å². The van der Waals surface area contributed by atoms with Gasteiger partial charge in [0.1, 0.15) is 0 Å². The number of H-pyrrole nitrogens is 1. The molecule has 1 saturated heterocycles. The van der Waals surface area contributed by atoms with Gasteiger partial charge in [-0.3, -0.25) is 19.4 Å². The molecule has 1 unspecified atom stereocenters. The Morgan fingerprint density at radius 3 is 2.45 bits per heavy atom. The van der Waals surface area contributed by atoms with Gasteiger partial charge in [0.15, 0.2) is 0 Å². The molecule has 9 nitrogen and oxygen atoms in total. The molecule has 42 heavy (non-hydrogen) atoms. The number of alkyl halides is 3. The van der Waals surface area contributed by atoms with Crippen LogP contribution >= 0.6 is 0 Å². The Morgan fingerprint density at radius 2 is 1.83 bits per heavy atom. The van der Waals surface area contributed by atoms with E-state index in [1.807, 2.05) is 63.7 Å². The zero-order valence-corrected chi connectivity index (χ0v) is 24.5. The van der Waals surface area contributed by atoms with E-state index >= 15 is 0 Å². The predicted molar refractivity (Wildman–Crippen MR) is 155 cm³/mol. The SMILES string of the molecule is Cc1cc(C)c(CNC(=O)c2cc3cc(-c4cncn4C)cn3c(C(C)N3CCN(CC(F)(F)F)CC3)c2C)c(=O)[nH]1. The molecule has 0 bridgehead atoms. The lowest BCUT2D eigenvalue weighted by molar-refractivity contribution is -0.149. The summed E-state index contributed by atoms with van der Waals surface area (Å²) in [7, 11) is 1.91. The van der Waals surface area contributed by atoms with Gasteiger partial charge in [0.05, 0.1) is 24.8 Å². The highest BCUT2D eigenvalue weighted by Gasteiger charge is 2.34. The molecule has 0 radical (unpaired) electrons. The number of halogens is 3. The van der Waals surface area contributed by atoms with E-state index in [0.717, 1.165) is 39.3 Å². The van der Waals surface area contributed by atoms with Crippen LogP contribution in [0.15, 0.2) is 41.7 Å². The molecule has 1 amide bonds. The quantitative estimate of drug-likeness (QED) is 0.342. The van der Waals surface area contributed by atoms with Gasteiger partial charge in [-0.2, -0.15) is 13.2 Å². The maximum Gasteiger partial charge on any atom is 0.401 e. The highest BCUT2D eigenvalue weighted by molar-refractivity contribution is 5.97. The fourth-order valence-electron chi connectivity index (χ4n) is 6.00. The lowest BCUT2D eigenvalue weighted by atomic mass is 10.00. The molecule has 12 heteroatoms. The number of pyridine rings is 2. The van der Waals surface area contributed by atoms with Crippen molar-refractivity contribution >= 4 is 11.4 Å². The van der Waals surface area contributed by atoms with Crippen LogP contribution in [0, 0.1) is 20.8 Å². The van der Waals surface area contributed by atoms with Crippen LogP contribution in [0.3, 0.4) is 0 Å². The number of hydrogen-bond donors (Lipinski definition) is 2. The summed E-state index contributed by atoms with van der Waals surface area (Å²) >= 11 is 0. The Kier molecular flexibility index (Phi) is 8.04. The molecule has 1 aliphatic rings. The Labute approximate surface area is 242 Å². The van der Waals surface area contributed by atoms with E-state index in [0.29, 0.717) is 37.3 Å². The summed E-state index contributed by atoms with van der Waals surface area (Å²) in [6.45, 7) is 8.31. The van der Waals surface area contributed by atoms with Crippen molar-refractivity contribution in [3.63, 3.8) is 0 Å². The molecule has 0 saturated carbocycles. The first-order chi connectivity index (χ1) is 19.8. The Hall–Kier alpha value is -3.90. The first kappa shape index (κ1) is 29.6. The van der Waals surface area contributed by atoms with Gasteiger partial charge < -0.3 is 19.3 Å². The van der Waals surface area contributed by atoms with Gasteiger partial charge in [0.25, 0.3) is 11.5 Å². The maximum absolute atomic E-state index is 13.6. The lowest BCUT2D eigenvalue weighted by Gasteiger charge is -2.39. The number of aryl methyl sites for hydroxylation is 3. The lowest BCUT2D eigenvalue weighted by Crippen LogP contribution is -2.49. The molecule has 1 fully saturated rings. The molecule has 4 aromatic rings. The largest absolute Gasteiger partial charge is 0.401 e. The van der Waals surface area contributed by atoms with Crippen molar-refractivity contribution in [3.05, 3.63) is 80.9 Å². The number of carbonyl (C=O) groups is 1. The van der Waals surface area contributed by atoms with Gasteiger partial charge in [-0.15, -0.1) is 0 Å². The summed E-state index contributed by atoms with van der Waals surface area (Å²) in [5.74, 6) is -0.305. The van der Waals surface area contributed by atoms with Crippen LogP contribution in [-0.2, 0) is 13.6 Å². The summed E-state index contributed by atoms with van der Waals surface area (Å²) in [4.78, 5) is 36.8. The predicted octanol–water partition coefficient (Wildman–Crippen LogP) is 4.12. The van der Waals surface area contributed by atoms with E-state index in [1.165, 1.54) is 4.90 Å². The minimum atomic E-state index is -4.23. The number of nitrogens with zero attached hydrogens (tertiary/aromatic N) is 5. The molecule has 1 atom stereocenters. The number of hydrogen-bond acceptors (Lipinski definition) is 5. The second-order valence-electron chi connectivity index (χ2n) is 11.2. The van der Waals surface area contributed by atoms with Crippen molar-refractivity contribution in [2.75, 3.05) is 32.7 Å². The van der Waals surface area contributed by atoms with Crippen LogP contribution < -0.4 is 10.9 Å². The fraction of sp³-hybridized carbons (Fsp3) is 0.433. The standard InChI is InChI=1S/C30H36F3N7O2/c1-18-10-19(2)36-29(42)25(18)13-35-28(41)24-12-23-11-22(26-14-34-17-37(26)5)15-40(23)27(20(24)3)21(4)39-8-6-38(7-9-39)16-30(31,32)33/h10-12,14-15,17,21H,6-9,13,16H2,1-5H3,(H,35,41)(H,36,42). The van der Waals surface area contributed by atoms with Gasteiger partial charge in [0, 0.05) is 85.6 Å². The molecule has 0 spiro atoms. The maximum atomic E-state index is 13.6. The second kappa shape index (κ2) is 11.4. The third kappa shape index (κ3) is 6.00. The van der Waals surface area contributed by atoms with Crippen molar-refractivity contribution < 1.29 is 18.0 Å². The molecule has 0 aliphatic carbocycles. The van der Waals surface area contributed by atoms with Crippen LogP contribution in [0.25, 0.3) is 16.8 Å². The molecule has 5 rings (SSSR count). The minimum absolute atomic E-state index is 0.0816. The van der Waals surface area contributed by atoms with E-state index < -0.39 is 12.7 Å². The highest BCUT2D eigenvalue weighted by atomic mass is 19.4. The number of aromatic amines is 1. The van der Waals surface area contributed by atoms with Gasteiger partial charge in [-0.25, -0.2) is 4.98 Å². The molecule has 2 N–H and O–H groups in total. The molecule has 4 aromatic heterocycles. The van der Waals surface area contributed by atoms with E-state index in [1.54, 1.807) is 12.5 Å². The summed E-state index contributed by atoms with van der Waals surface area (Å²) in [6, 6.07) is 5.53. The van der Waals surface area contributed by atoms with Gasteiger partial charge in [-0.1, -0.05) is 0 Å². The summed E-state index contributed by atoms with van der Waals surface area (Å²) in [6.07, 6.45) is 1.29. The number of aromatic nitrogens is 4. The Balaban J connectivity index is 1.50. The zero-order valence-electron chi connectivity index (χ0n) is 24.5. The average molecular weight is 584 g/mol. The Morgan fingerprint density at radius 1 is 1.12 bits per heavy atom. The number of carbonyl (C=O) groups excluding carboxylic acids is 1. The van der Waals surface area contributed by atoms with Crippen LogP contribution in [0.1, 0.15) is 51.4 Å². The van der Waals surface area contributed by atoms with Crippen molar-refractivity contribution in [2.45, 2.75) is 46.5 Å². The number of piperazine rings is 1. The number of rotatable bonds is 7. The van der Waals surface area contributed by atoms with E-state index in [-0.39, 0.29) is 24.1 Å². The highest BCUT2D eigenvalue weighted by Crippen LogP contribution is 2.32. The Bertz CT molecular complexity index is 1680. The first-order valence-corrected chi connectivity index (χ1v) is 14.0. The van der Waals surface area contributed by atoms with Crippen molar-refractivity contribution in [2.24, 2.45) is 7.05 Å². The summed E-state index contributed by atoms with van der Waals surface area (Å²) in [5.41, 5.74) is 6.62. The summed E-state index contributed by atoms with van der Waals surface area (Å²) < 4.78 is 42.9. The number of nitrogens with one attached hydrogen (secondary N) is 2. The molecule has 1 aliphatic heterocycles. The fourth-order valence-corrected chi connectivity index (χ4v) is 6.00. The number of fused-ring (bicyclic) bond motifs is 1. The molecular formula is C30H36F3N7O2. The van der Waals surface area contributed by atoms with Crippen molar-refractivity contribution in [1.29, 1.82) is 0 Å².